The molecule has 2 aromatic rings. The van der Waals surface area contributed by atoms with E-state index in [9.17, 15) is 4.79 Å². The highest BCUT2D eigenvalue weighted by Gasteiger charge is 2.30. The Morgan fingerprint density at radius 3 is 3.09 bits per heavy atom. The minimum absolute atomic E-state index is 0.0913. The molecular formula is C14H18N6O2. The largest absolute Gasteiger partial charge is 0.339 e. The highest BCUT2D eigenvalue weighted by atomic mass is 16.5. The van der Waals surface area contributed by atoms with E-state index in [0.29, 0.717) is 30.1 Å². The van der Waals surface area contributed by atoms with Gasteiger partial charge in [0.05, 0.1) is 0 Å². The molecule has 22 heavy (non-hydrogen) atoms. The summed E-state index contributed by atoms with van der Waals surface area (Å²) in [5.41, 5.74) is 0. The molecule has 8 nitrogen and oxygen atoms in total. The van der Waals surface area contributed by atoms with Crippen molar-refractivity contribution < 1.29 is 9.32 Å². The monoisotopic (exact) mass is 302 g/mol. The summed E-state index contributed by atoms with van der Waals surface area (Å²) in [6.07, 6.45) is 6.48. The lowest BCUT2D eigenvalue weighted by Gasteiger charge is -2.31. The number of carbonyl (C=O) groups excluding carboxylic acids is 1. The number of hydrogen-bond acceptors (Lipinski definition) is 6. The number of piperidine rings is 1. The summed E-state index contributed by atoms with van der Waals surface area (Å²) in [6, 6.07) is 0. The number of nitrogens with zero attached hydrogens (tertiary/aromatic N) is 5. The van der Waals surface area contributed by atoms with Crippen LogP contribution in [0, 0.1) is 5.92 Å². The van der Waals surface area contributed by atoms with Gasteiger partial charge in [-0.2, -0.15) is 10.1 Å². The second-order valence-electron chi connectivity index (χ2n) is 6.12. The van der Waals surface area contributed by atoms with Crippen molar-refractivity contribution in [1.82, 2.24) is 30.2 Å². The third-order valence-electron chi connectivity index (χ3n) is 4.31. The van der Waals surface area contributed by atoms with Crippen LogP contribution in [0.4, 0.5) is 0 Å². The van der Waals surface area contributed by atoms with Crippen molar-refractivity contribution in [2.75, 3.05) is 13.1 Å². The molecule has 1 atom stereocenters. The van der Waals surface area contributed by atoms with Gasteiger partial charge in [0.15, 0.2) is 5.82 Å². The maximum atomic E-state index is 12.3. The Morgan fingerprint density at radius 1 is 1.41 bits per heavy atom. The van der Waals surface area contributed by atoms with Crippen molar-refractivity contribution in [1.29, 1.82) is 0 Å². The molecule has 0 aromatic carbocycles. The Kier molecular flexibility index (Phi) is 3.36. The number of aromatic amines is 1. The summed E-state index contributed by atoms with van der Waals surface area (Å²) in [6.45, 7) is 1.45. The second-order valence-corrected chi connectivity index (χ2v) is 6.12. The zero-order valence-electron chi connectivity index (χ0n) is 12.2. The molecule has 1 aliphatic heterocycles. The van der Waals surface area contributed by atoms with E-state index in [-0.39, 0.29) is 5.91 Å². The van der Waals surface area contributed by atoms with E-state index in [1.807, 2.05) is 4.90 Å². The average Bonchev–Trinajstić information content (AvgIpc) is 3.05. The van der Waals surface area contributed by atoms with Gasteiger partial charge in [-0.25, -0.2) is 4.98 Å². The van der Waals surface area contributed by atoms with Gasteiger partial charge in [-0.15, -0.1) is 0 Å². The Hall–Kier alpha value is -2.25. The van der Waals surface area contributed by atoms with Gasteiger partial charge in [-0.3, -0.25) is 9.89 Å². The van der Waals surface area contributed by atoms with Crippen molar-refractivity contribution >= 4 is 5.91 Å². The summed E-state index contributed by atoms with van der Waals surface area (Å²) in [4.78, 5) is 22.5. The lowest BCUT2D eigenvalue weighted by atomic mass is 9.94. The first-order valence-corrected chi connectivity index (χ1v) is 7.76. The Bertz CT molecular complexity index is 648. The molecule has 1 saturated heterocycles. The molecule has 1 N–H and O–H groups in total. The van der Waals surface area contributed by atoms with Crippen LogP contribution in [-0.4, -0.2) is 49.2 Å². The fourth-order valence-corrected chi connectivity index (χ4v) is 2.98. The van der Waals surface area contributed by atoms with E-state index in [1.54, 1.807) is 0 Å². The van der Waals surface area contributed by atoms with Gasteiger partial charge in [0.2, 0.25) is 11.7 Å². The van der Waals surface area contributed by atoms with Crippen molar-refractivity contribution in [3.63, 3.8) is 0 Å². The molecule has 0 radical (unpaired) electrons. The van der Waals surface area contributed by atoms with Gasteiger partial charge in [-0.05, 0) is 31.6 Å². The van der Waals surface area contributed by atoms with Crippen molar-refractivity contribution in [3.8, 4) is 0 Å². The predicted molar refractivity (Wildman–Crippen MR) is 75.0 cm³/mol. The minimum Gasteiger partial charge on any atom is -0.339 e. The smallest absolute Gasteiger partial charge is 0.291 e. The molecule has 2 fully saturated rings. The topological polar surface area (TPSA) is 101 Å². The third kappa shape index (κ3) is 2.72. The average molecular weight is 302 g/mol. The number of carbonyl (C=O) groups is 1. The highest BCUT2D eigenvalue weighted by Crippen LogP contribution is 2.38. The van der Waals surface area contributed by atoms with Crippen LogP contribution in [-0.2, 0) is 6.42 Å². The quantitative estimate of drug-likeness (QED) is 0.909. The van der Waals surface area contributed by atoms with Gasteiger partial charge >= 0.3 is 0 Å². The van der Waals surface area contributed by atoms with E-state index in [4.69, 9.17) is 4.52 Å². The Balaban J connectivity index is 1.38. The van der Waals surface area contributed by atoms with Crippen LogP contribution in [0.5, 0.6) is 0 Å². The first-order chi connectivity index (χ1) is 10.8. The van der Waals surface area contributed by atoms with Gasteiger partial charge in [0, 0.05) is 25.4 Å². The van der Waals surface area contributed by atoms with Crippen LogP contribution in [0.15, 0.2) is 10.9 Å². The maximum Gasteiger partial charge on any atom is 0.291 e. The fourth-order valence-electron chi connectivity index (χ4n) is 2.98. The first-order valence-electron chi connectivity index (χ1n) is 7.76. The number of amides is 1. The van der Waals surface area contributed by atoms with Gasteiger partial charge in [-0.1, -0.05) is 5.16 Å². The van der Waals surface area contributed by atoms with E-state index in [2.05, 4.69) is 25.3 Å². The van der Waals surface area contributed by atoms with Gasteiger partial charge in [0.25, 0.3) is 5.91 Å². The van der Waals surface area contributed by atoms with Crippen LogP contribution in [0.1, 0.15) is 53.9 Å². The zero-order chi connectivity index (χ0) is 14.9. The zero-order valence-corrected chi connectivity index (χ0v) is 12.2. The number of nitrogens with one attached hydrogen (secondary N) is 1. The minimum atomic E-state index is -0.0913. The van der Waals surface area contributed by atoms with Crippen LogP contribution in [0.25, 0.3) is 0 Å². The number of likely N-dealkylation sites (tertiary alicyclic amines) is 1. The van der Waals surface area contributed by atoms with E-state index >= 15 is 0 Å². The molecule has 1 saturated carbocycles. The molecule has 3 heterocycles. The SMILES string of the molecule is O=C(c1ncn[nH]1)N1CCCC(Cc2nc(C3CC3)no2)C1. The highest BCUT2D eigenvalue weighted by molar-refractivity contribution is 5.90. The molecule has 1 unspecified atom stereocenters. The Morgan fingerprint density at radius 2 is 2.32 bits per heavy atom. The van der Waals surface area contributed by atoms with Crippen LogP contribution < -0.4 is 0 Å². The number of aromatic nitrogens is 5. The summed E-state index contributed by atoms with van der Waals surface area (Å²) in [5.74, 6) is 2.61. The molecule has 0 bridgehead atoms. The van der Waals surface area contributed by atoms with Crippen LogP contribution in [0.3, 0.4) is 0 Å². The molecule has 1 aliphatic carbocycles. The molecule has 1 amide bonds. The van der Waals surface area contributed by atoms with E-state index in [1.165, 1.54) is 19.2 Å². The molecule has 2 aliphatic rings. The maximum absolute atomic E-state index is 12.3. The third-order valence-corrected chi connectivity index (χ3v) is 4.31. The summed E-state index contributed by atoms with van der Waals surface area (Å²) >= 11 is 0. The normalized spacial score (nSPS) is 22.0. The Labute approximate surface area is 127 Å². The second kappa shape index (κ2) is 5.51. The van der Waals surface area contributed by atoms with E-state index in [0.717, 1.165) is 31.6 Å². The number of hydrogen-bond donors (Lipinski definition) is 1. The van der Waals surface area contributed by atoms with Crippen LogP contribution >= 0.6 is 0 Å². The number of H-pyrrole nitrogens is 1. The summed E-state index contributed by atoms with van der Waals surface area (Å²) in [5, 5.41) is 10.4. The summed E-state index contributed by atoms with van der Waals surface area (Å²) < 4.78 is 5.34. The van der Waals surface area contributed by atoms with Gasteiger partial charge in [0.1, 0.15) is 6.33 Å². The van der Waals surface area contributed by atoms with Crippen molar-refractivity contribution in [3.05, 3.63) is 23.9 Å². The molecule has 2 aromatic heterocycles. The number of rotatable bonds is 4. The van der Waals surface area contributed by atoms with Crippen LogP contribution in [0.2, 0.25) is 0 Å². The molecular weight excluding hydrogens is 284 g/mol. The first kappa shape index (κ1) is 13.4. The lowest BCUT2D eigenvalue weighted by Crippen LogP contribution is -2.41. The van der Waals surface area contributed by atoms with Crippen molar-refractivity contribution in [2.24, 2.45) is 5.92 Å². The molecule has 8 heteroatoms. The van der Waals surface area contributed by atoms with Gasteiger partial charge < -0.3 is 9.42 Å². The molecule has 116 valence electrons. The van der Waals surface area contributed by atoms with E-state index < -0.39 is 0 Å². The fraction of sp³-hybridized carbons (Fsp3) is 0.643. The van der Waals surface area contributed by atoms with Crippen molar-refractivity contribution in [2.45, 2.75) is 38.0 Å². The lowest BCUT2D eigenvalue weighted by molar-refractivity contribution is 0.0656. The molecule has 4 rings (SSSR count). The molecule has 0 spiro atoms. The standard InChI is InChI=1S/C14H18N6O2/c21-14(13-15-8-16-18-13)20-5-1-2-9(7-20)6-11-17-12(19-22-11)10-3-4-10/h8-10H,1-7H2,(H,15,16,18). The summed E-state index contributed by atoms with van der Waals surface area (Å²) in [7, 11) is 0. The predicted octanol–water partition coefficient (Wildman–Crippen LogP) is 1.16.